The van der Waals surface area contributed by atoms with E-state index in [2.05, 4.69) is 5.32 Å². The molecule has 0 amide bonds. The summed E-state index contributed by atoms with van der Waals surface area (Å²) in [6, 6.07) is 7.10. The largest absolute Gasteiger partial charge is 0.508 e. The maximum atomic E-state index is 10.7. The molecule has 0 heterocycles. The third-order valence-corrected chi connectivity index (χ3v) is 3.13. The highest BCUT2D eigenvalue weighted by molar-refractivity contribution is 7.89. The van der Waals surface area contributed by atoms with E-state index in [4.69, 9.17) is 10.2 Å². The van der Waals surface area contributed by atoms with Gasteiger partial charge in [0.05, 0.1) is 5.75 Å². The van der Waals surface area contributed by atoms with Gasteiger partial charge in [0, 0.05) is 12.6 Å². The first-order valence-electron chi connectivity index (χ1n) is 5.38. The fourth-order valence-electron chi connectivity index (χ4n) is 1.51. The zero-order valence-corrected chi connectivity index (χ0v) is 10.6. The van der Waals surface area contributed by atoms with E-state index in [0.29, 0.717) is 6.54 Å². The Balaban J connectivity index is 2.34. The van der Waals surface area contributed by atoms with Crippen molar-refractivity contribution in [1.82, 2.24) is 5.32 Å². The van der Waals surface area contributed by atoms with Crippen LogP contribution in [0.15, 0.2) is 24.3 Å². The number of nitrogens with one attached hydrogen (secondary N) is 1. The van der Waals surface area contributed by atoms with Crippen LogP contribution in [0.25, 0.3) is 0 Å². The van der Waals surface area contributed by atoms with Gasteiger partial charge in [0.2, 0.25) is 10.0 Å². The van der Waals surface area contributed by atoms with Gasteiger partial charge in [-0.2, -0.15) is 0 Å². The molecule has 0 aliphatic carbocycles. The number of nitrogens with two attached hydrogens (primary N) is 1. The van der Waals surface area contributed by atoms with Gasteiger partial charge in [-0.25, -0.2) is 13.6 Å². The van der Waals surface area contributed by atoms with Gasteiger partial charge in [-0.05, 0) is 31.0 Å². The third-order valence-electron chi connectivity index (χ3n) is 2.36. The van der Waals surface area contributed by atoms with Crippen LogP contribution in [0.1, 0.15) is 12.5 Å². The smallest absolute Gasteiger partial charge is 0.210 e. The molecular formula is C11H18N2O3S. The normalized spacial score (nSPS) is 13.5. The quantitative estimate of drug-likeness (QED) is 0.679. The molecule has 0 aromatic heterocycles. The van der Waals surface area contributed by atoms with E-state index < -0.39 is 10.0 Å². The predicted octanol–water partition coefficient (Wildman–Crippen LogP) is 0.201. The van der Waals surface area contributed by atoms with Gasteiger partial charge in [0.1, 0.15) is 5.75 Å². The zero-order valence-electron chi connectivity index (χ0n) is 9.76. The highest BCUT2D eigenvalue weighted by atomic mass is 32.2. The van der Waals surface area contributed by atoms with E-state index in [1.807, 2.05) is 19.1 Å². The van der Waals surface area contributed by atoms with E-state index in [0.717, 1.165) is 12.0 Å². The van der Waals surface area contributed by atoms with Gasteiger partial charge in [-0.15, -0.1) is 0 Å². The average Bonchev–Trinajstić information content (AvgIpc) is 2.19. The molecule has 1 unspecified atom stereocenters. The molecule has 0 aliphatic rings. The van der Waals surface area contributed by atoms with Crippen LogP contribution in [0.3, 0.4) is 0 Å². The number of sulfonamides is 1. The van der Waals surface area contributed by atoms with Gasteiger partial charge in [0.25, 0.3) is 0 Å². The minimum Gasteiger partial charge on any atom is -0.508 e. The lowest BCUT2D eigenvalue weighted by atomic mass is 10.1. The Morgan fingerprint density at radius 1 is 1.35 bits per heavy atom. The van der Waals surface area contributed by atoms with Gasteiger partial charge in [-0.1, -0.05) is 12.1 Å². The van der Waals surface area contributed by atoms with Crippen LogP contribution in [0.4, 0.5) is 0 Å². The second-order valence-electron chi connectivity index (χ2n) is 4.09. The van der Waals surface area contributed by atoms with E-state index in [9.17, 15) is 8.42 Å². The van der Waals surface area contributed by atoms with Crippen molar-refractivity contribution in [2.75, 3.05) is 12.3 Å². The molecule has 5 nitrogen and oxygen atoms in total. The number of phenolic OH excluding ortho intramolecular Hbond substituents is 1. The summed E-state index contributed by atoms with van der Waals surface area (Å²) < 4.78 is 21.4. The highest BCUT2D eigenvalue weighted by Gasteiger charge is 2.06. The number of benzene rings is 1. The van der Waals surface area contributed by atoms with Gasteiger partial charge in [0.15, 0.2) is 0 Å². The maximum Gasteiger partial charge on any atom is 0.210 e. The van der Waals surface area contributed by atoms with Gasteiger partial charge < -0.3 is 10.4 Å². The van der Waals surface area contributed by atoms with Gasteiger partial charge in [-0.3, -0.25) is 0 Å². The molecule has 0 aliphatic heterocycles. The molecule has 0 spiro atoms. The fourth-order valence-corrected chi connectivity index (χ4v) is 1.91. The third kappa shape index (κ3) is 6.25. The monoisotopic (exact) mass is 258 g/mol. The molecule has 1 rings (SSSR count). The molecular weight excluding hydrogens is 240 g/mol. The van der Waals surface area contributed by atoms with Crippen LogP contribution in [-0.4, -0.2) is 31.9 Å². The van der Waals surface area contributed by atoms with E-state index >= 15 is 0 Å². The maximum absolute atomic E-state index is 10.7. The van der Waals surface area contributed by atoms with Crippen LogP contribution in [0.2, 0.25) is 0 Å². The molecule has 96 valence electrons. The molecule has 0 radical (unpaired) electrons. The van der Waals surface area contributed by atoms with Crippen molar-refractivity contribution in [1.29, 1.82) is 0 Å². The van der Waals surface area contributed by atoms with Crippen molar-refractivity contribution >= 4 is 10.0 Å². The molecule has 1 aromatic carbocycles. The van der Waals surface area contributed by atoms with Crippen molar-refractivity contribution in [2.24, 2.45) is 5.14 Å². The first-order chi connectivity index (χ1) is 7.87. The lowest BCUT2D eigenvalue weighted by molar-refractivity contribution is 0.474. The van der Waals surface area contributed by atoms with E-state index in [-0.39, 0.29) is 17.5 Å². The molecule has 17 heavy (non-hydrogen) atoms. The first kappa shape index (κ1) is 14.0. The van der Waals surface area contributed by atoms with E-state index in [1.165, 1.54) is 0 Å². The topological polar surface area (TPSA) is 92.4 Å². The highest BCUT2D eigenvalue weighted by Crippen LogP contribution is 2.11. The van der Waals surface area contributed by atoms with Crippen LogP contribution in [0.5, 0.6) is 5.75 Å². The van der Waals surface area contributed by atoms with Crippen molar-refractivity contribution < 1.29 is 13.5 Å². The molecule has 0 bridgehead atoms. The summed E-state index contributed by atoms with van der Waals surface area (Å²) in [6.07, 6.45) is 0.769. The summed E-state index contributed by atoms with van der Waals surface area (Å²) in [5.41, 5.74) is 1.08. The lowest BCUT2D eigenvalue weighted by Crippen LogP contribution is -2.34. The second kappa shape index (κ2) is 6.00. The standard InChI is InChI=1S/C11H18N2O3S/c1-9(13-6-7-17(12,15)16)8-10-2-4-11(14)5-3-10/h2-5,9,13-14H,6-8H2,1H3,(H2,12,15,16). The summed E-state index contributed by atoms with van der Waals surface area (Å²) in [7, 11) is -3.39. The number of aromatic hydroxyl groups is 1. The molecule has 1 atom stereocenters. The summed E-state index contributed by atoms with van der Waals surface area (Å²) >= 11 is 0. The van der Waals surface area contributed by atoms with Crippen LogP contribution in [-0.2, 0) is 16.4 Å². The molecule has 0 saturated heterocycles. The number of hydrogen-bond donors (Lipinski definition) is 3. The van der Waals surface area contributed by atoms with Crippen molar-refractivity contribution in [3.63, 3.8) is 0 Å². The van der Waals surface area contributed by atoms with Crippen molar-refractivity contribution in [3.05, 3.63) is 29.8 Å². The number of phenols is 1. The predicted molar refractivity (Wildman–Crippen MR) is 67.2 cm³/mol. The summed E-state index contributed by atoms with van der Waals surface area (Å²) in [4.78, 5) is 0. The van der Waals surface area contributed by atoms with E-state index in [1.54, 1.807) is 12.1 Å². The Bertz CT molecular complexity index is 442. The van der Waals surface area contributed by atoms with Gasteiger partial charge >= 0.3 is 0 Å². The Morgan fingerprint density at radius 2 is 1.94 bits per heavy atom. The van der Waals surface area contributed by atoms with Crippen LogP contribution in [0, 0.1) is 0 Å². The zero-order chi connectivity index (χ0) is 12.9. The molecule has 0 saturated carbocycles. The van der Waals surface area contributed by atoms with Crippen LogP contribution < -0.4 is 10.5 Å². The van der Waals surface area contributed by atoms with Crippen molar-refractivity contribution in [2.45, 2.75) is 19.4 Å². The minimum atomic E-state index is -3.39. The lowest BCUT2D eigenvalue weighted by Gasteiger charge is -2.13. The Morgan fingerprint density at radius 3 is 2.47 bits per heavy atom. The molecule has 1 aromatic rings. The first-order valence-corrected chi connectivity index (χ1v) is 7.10. The van der Waals surface area contributed by atoms with Crippen LogP contribution >= 0.6 is 0 Å². The average molecular weight is 258 g/mol. The number of primary sulfonamides is 1. The Hall–Kier alpha value is -1.11. The summed E-state index contributed by atoms with van der Waals surface area (Å²) in [6.45, 7) is 2.31. The van der Waals surface area contributed by atoms with Crippen molar-refractivity contribution in [3.8, 4) is 5.75 Å². The Kier molecular flexibility index (Phi) is 4.92. The fraction of sp³-hybridized carbons (Fsp3) is 0.455. The molecule has 4 N–H and O–H groups in total. The number of rotatable bonds is 6. The summed E-state index contributed by atoms with van der Waals surface area (Å²) in [5, 5.41) is 17.1. The second-order valence-corrected chi connectivity index (χ2v) is 5.83. The minimum absolute atomic E-state index is 0.0626. The Labute approximate surface area is 102 Å². The summed E-state index contributed by atoms with van der Waals surface area (Å²) in [5.74, 6) is 0.177. The molecule has 6 heteroatoms. The number of hydrogen-bond acceptors (Lipinski definition) is 4. The molecule has 0 fully saturated rings. The SMILES string of the molecule is CC(Cc1ccc(O)cc1)NCCS(N)(=O)=O.